The van der Waals surface area contributed by atoms with Crippen LogP contribution in [-0.4, -0.2) is 40.0 Å². The molecule has 7 heteroatoms. The molecule has 1 heterocycles. The summed E-state index contributed by atoms with van der Waals surface area (Å²) in [5.41, 5.74) is -0.0236. The van der Waals surface area contributed by atoms with Gasteiger partial charge in [0.1, 0.15) is 0 Å². The predicted octanol–water partition coefficient (Wildman–Crippen LogP) is 2.36. The molecule has 1 amide bonds. The average molecular weight is 309 g/mol. The van der Waals surface area contributed by atoms with Gasteiger partial charge in [-0.3, -0.25) is 9.69 Å². The molecule has 1 aromatic heterocycles. The van der Waals surface area contributed by atoms with E-state index in [1.165, 1.54) is 11.3 Å². The number of carbonyl (C=O) groups excluding carboxylic acids is 1. The zero-order valence-corrected chi connectivity index (χ0v) is 12.8. The number of carboxylic acid groups (broad SMARTS) is 1. The lowest BCUT2D eigenvalue weighted by atomic mass is 10.3. The maximum Gasteiger partial charge on any atom is 0.355 e. The highest BCUT2D eigenvalue weighted by Gasteiger charge is 2.19. The summed E-state index contributed by atoms with van der Waals surface area (Å²) >= 11 is 1.18. The fourth-order valence-corrected chi connectivity index (χ4v) is 2.67. The molecule has 21 heavy (non-hydrogen) atoms. The molecule has 0 bridgehead atoms. The molecule has 2 N–H and O–H groups in total. The number of hydrogen-bond acceptors (Lipinski definition) is 5. The minimum absolute atomic E-state index is 0.0236. The molecule has 0 fully saturated rings. The molecule has 0 unspecified atom stereocenters. The number of rotatable bonds is 9. The molecular weight excluding hydrogens is 290 g/mol. The quantitative estimate of drug-likeness (QED) is 0.684. The lowest BCUT2D eigenvalue weighted by molar-refractivity contribution is -0.115. The van der Waals surface area contributed by atoms with Crippen molar-refractivity contribution in [3.63, 3.8) is 0 Å². The summed E-state index contributed by atoms with van der Waals surface area (Å²) < 4.78 is 0. The Morgan fingerprint density at radius 2 is 2.00 bits per heavy atom. The third kappa shape index (κ3) is 5.13. The van der Waals surface area contributed by atoms with Gasteiger partial charge in [-0.15, -0.1) is 13.2 Å². The van der Waals surface area contributed by atoms with Crippen molar-refractivity contribution in [1.29, 1.82) is 0 Å². The smallest absolute Gasteiger partial charge is 0.355 e. The Kier molecular flexibility index (Phi) is 6.77. The fourth-order valence-electron chi connectivity index (χ4n) is 1.66. The van der Waals surface area contributed by atoms with Gasteiger partial charge in [0.05, 0.1) is 4.88 Å². The van der Waals surface area contributed by atoms with E-state index in [1.54, 1.807) is 19.1 Å². The van der Waals surface area contributed by atoms with Crippen molar-refractivity contribution in [2.24, 2.45) is 0 Å². The van der Waals surface area contributed by atoms with Crippen LogP contribution in [0.4, 0.5) is 5.13 Å². The summed E-state index contributed by atoms with van der Waals surface area (Å²) in [5, 5.41) is 12.1. The molecular formula is C14H19N3O3S. The number of nitrogens with one attached hydrogen (secondary N) is 1. The molecule has 0 aliphatic rings. The highest BCUT2D eigenvalue weighted by molar-refractivity contribution is 7.16. The second-order valence-corrected chi connectivity index (χ2v) is 5.35. The van der Waals surface area contributed by atoms with E-state index in [0.717, 1.165) is 0 Å². The second-order valence-electron chi connectivity index (χ2n) is 4.27. The SMILES string of the molecule is C=CCN(CC=C)Cc1sc(NC(=O)CC)nc1C(=O)O. The monoisotopic (exact) mass is 309 g/mol. The third-order valence-electron chi connectivity index (χ3n) is 2.61. The van der Waals surface area contributed by atoms with Crippen molar-refractivity contribution >= 4 is 28.3 Å². The van der Waals surface area contributed by atoms with E-state index in [4.69, 9.17) is 0 Å². The molecule has 0 aliphatic heterocycles. The molecule has 0 aromatic carbocycles. The van der Waals surface area contributed by atoms with Gasteiger partial charge in [-0.25, -0.2) is 9.78 Å². The van der Waals surface area contributed by atoms with Gasteiger partial charge < -0.3 is 10.4 Å². The van der Waals surface area contributed by atoms with Crippen LogP contribution < -0.4 is 5.32 Å². The minimum Gasteiger partial charge on any atom is -0.476 e. The second kappa shape index (κ2) is 8.33. The van der Waals surface area contributed by atoms with Crippen molar-refractivity contribution < 1.29 is 14.7 Å². The first-order chi connectivity index (χ1) is 10.0. The number of thiazole rings is 1. The van der Waals surface area contributed by atoms with E-state index in [1.807, 2.05) is 4.90 Å². The van der Waals surface area contributed by atoms with E-state index >= 15 is 0 Å². The van der Waals surface area contributed by atoms with Gasteiger partial charge >= 0.3 is 5.97 Å². The van der Waals surface area contributed by atoms with Gasteiger partial charge in [0, 0.05) is 26.1 Å². The van der Waals surface area contributed by atoms with E-state index < -0.39 is 5.97 Å². The summed E-state index contributed by atoms with van der Waals surface area (Å²) in [6, 6.07) is 0. The fraction of sp³-hybridized carbons (Fsp3) is 0.357. The maximum absolute atomic E-state index is 11.4. The summed E-state index contributed by atoms with van der Waals surface area (Å²) in [7, 11) is 0. The lowest BCUT2D eigenvalue weighted by Gasteiger charge is -2.17. The summed E-state index contributed by atoms with van der Waals surface area (Å²) in [6.45, 7) is 10.7. The van der Waals surface area contributed by atoms with Crippen LogP contribution in [0.25, 0.3) is 0 Å². The number of aromatic nitrogens is 1. The van der Waals surface area contributed by atoms with Gasteiger partial charge in [-0.2, -0.15) is 0 Å². The first-order valence-electron chi connectivity index (χ1n) is 6.48. The van der Waals surface area contributed by atoms with Crippen LogP contribution in [0.5, 0.6) is 0 Å². The van der Waals surface area contributed by atoms with Crippen molar-refractivity contribution in [2.45, 2.75) is 19.9 Å². The number of anilines is 1. The zero-order valence-electron chi connectivity index (χ0n) is 12.0. The number of aromatic carboxylic acids is 1. The topological polar surface area (TPSA) is 82.5 Å². The van der Waals surface area contributed by atoms with Crippen molar-refractivity contribution in [2.75, 3.05) is 18.4 Å². The average Bonchev–Trinajstić information content (AvgIpc) is 2.82. The van der Waals surface area contributed by atoms with Gasteiger partial charge in [-0.05, 0) is 0 Å². The first kappa shape index (κ1) is 17.1. The molecule has 0 radical (unpaired) electrons. The third-order valence-corrected chi connectivity index (χ3v) is 3.56. The Morgan fingerprint density at radius 1 is 1.38 bits per heavy atom. The minimum atomic E-state index is -1.10. The van der Waals surface area contributed by atoms with Crippen LogP contribution in [0.3, 0.4) is 0 Å². The Morgan fingerprint density at radius 3 is 2.48 bits per heavy atom. The number of carbonyl (C=O) groups is 2. The van der Waals surface area contributed by atoms with Crippen LogP contribution in [0.2, 0.25) is 0 Å². The Bertz CT molecular complexity index is 530. The Balaban J connectivity index is 2.97. The molecule has 6 nitrogen and oxygen atoms in total. The molecule has 0 spiro atoms. The lowest BCUT2D eigenvalue weighted by Crippen LogP contribution is -2.23. The number of hydrogen-bond donors (Lipinski definition) is 2. The van der Waals surface area contributed by atoms with Crippen LogP contribution in [0.1, 0.15) is 28.7 Å². The van der Waals surface area contributed by atoms with E-state index in [-0.39, 0.29) is 11.6 Å². The largest absolute Gasteiger partial charge is 0.476 e. The van der Waals surface area contributed by atoms with Gasteiger partial charge in [0.25, 0.3) is 0 Å². The van der Waals surface area contributed by atoms with Gasteiger partial charge in [0.2, 0.25) is 5.91 Å². The van der Waals surface area contributed by atoms with Crippen LogP contribution in [0, 0.1) is 0 Å². The number of nitrogens with zero attached hydrogens (tertiary/aromatic N) is 2. The van der Waals surface area contributed by atoms with Crippen LogP contribution in [-0.2, 0) is 11.3 Å². The van der Waals surface area contributed by atoms with E-state index in [9.17, 15) is 14.7 Å². The van der Waals surface area contributed by atoms with Crippen molar-refractivity contribution in [1.82, 2.24) is 9.88 Å². The Hall–Kier alpha value is -1.99. The van der Waals surface area contributed by atoms with Crippen molar-refractivity contribution in [3.05, 3.63) is 35.9 Å². The van der Waals surface area contributed by atoms with Crippen molar-refractivity contribution in [3.8, 4) is 0 Å². The Labute approximate surface area is 127 Å². The molecule has 1 aromatic rings. The first-order valence-corrected chi connectivity index (χ1v) is 7.30. The highest BCUT2D eigenvalue weighted by atomic mass is 32.1. The predicted molar refractivity (Wildman–Crippen MR) is 83.7 cm³/mol. The van der Waals surface area contributed by atoms with E-state index in [0.29, 0.717) is 36.1 Å². The summed E-state index contributed by atoms with van der Waals surface area (Å²) in [5.74, 6) is -1.29. The van der Waals surface area contributed by atoms with E-state index in [2.05, 4.69) is 23.5 Å². The highest BCUT2D eigenvalue weighted by Crippen LogP contribution is 2.25. The van der Waals surface area contributed by atoms with Gasteiger partial charge in [0.15, 0.2) is 10.8 Å². The molecule has 0 saturated carbocycles. The molecule has 0 aliphatic carbocycles. The maximum atomic E-state index is 11.4. The van der Waals surface area contributed by atoms with Crippen LogP contribution >= 0.6 is 11.3 Å². The van der Waals surface area contributed by atoms with Gasteiger partial charge in [-0.1, -0.05) is 30.4 Å². The summed E-state index contributed by atoms with van der Waals surface area (Å²) in [4.78, 5) is 29.2. The summed E-state index contributed by atoms with van der Waals surface area (Å²) in [6.07, 6.45) is 3.80. The molecule has 0 atom stereocenters. The standard InChI is InChI=1S/C14H19N3O3S/c1-4-7-17(8-5-2)9-10-12(13(19)20)16-14(21-10)15-11(18)6-3/h4-5H,1-2,6-9H2,3H3,(H,19,20)(H,15,16,18). The molecule has 1 rings (SSSR count). The number of amides is 1. The number of carboxylic acids is 1. The molecule has 0 saturated heterocycles. The molecule has 114 valence electrons. The normalized spacial score (nSPS) is 10.4. The zero-order chi connectivity index (χ0) is 15.8. The van der Waals surface area contributed by atoms with Crippen LogP contribution in [0.15, 0.2) is 25.3 Å².